The first-order valence-corrected chi connectivity index (χ1v) is 7.88. The lowest BCUT2D eigenvalue weighted by molar-refractivity contribution is -0.127. The molecule has 0 saturated heterocycles. The average molecular weight is 300 g/mol. The molecule has 1 aromatic rings. The summed E-state index contributed by atoms with van der Waals surface area (Å²) < 4.78 is 28.0. The van der Waals surface area contributed by atoms with E-state index in [1.807, 2.05) is 6.92 Å². The maximum atomic E-state index is 11.7. The number of amides is 1. The summed E-state index contributed by atoms with van der Waals surface area (Å²) in [6, 6.07) is 4.27. The van der Waals surface area contributed by atoms with Gasteiger partial charge in [-0.15, -0.1) is 0 Å². The van der Waals surface area contributed by atoms with Crippen LogP contribution in [0.15, 0.2) is 23.1 Å². The summed E-state index contributed by atoms with van der Waals surface area (Å²) in [5, 5.41) is 7.77. The van der Waals surface area contributed by atoms with E-state index in [0.717, 1.165) is 6.42 Å². The summed E-state index contributed by atoms with van der Waals surface area (Å²) in [5.74, 6) is 0.248. The zero-order valence-corrected chi connectivity index (χ0v) is 12.7. The third kappa shape index (κ3) is 4.50. The van der Waals surface area contributed by atoms with Crippen molar-refractivity contribution in [2.45, 2.75) is 38.2 Å². The van der Waals surface area contributed by atoms with E-state index >= 15 is 0 Å². The molecule has 1 aromatic carbocycles. The number of ether oxygens (including phenoxy) is 1. The number of primary sulfonamides is 1. The molecular weight excluding hydrogens is 280 g/mol. The van der Waals surface area contributed by atoms with Gasteiger partial charge in [0.05, 0.1) is 4.90 Å². The summed E-state index contributed by atoms with van der Waals surface area (Å²) in [5.41, 5.74) is 0.603. The van der Waals surface area contributed by atoms with Crippen LogP contribution in [0.3, 0.4) is 0 Å². The Hall–Kier alpha value is -1.60. The van der Waals surface area contributed by atoms with Crippen LogP contribution >= 0.6 is 0 Å². The average Bonchev–Trinajstić information content (AvgIpc) is 2.36. The molecule has 0 aliphatic carbocycles. The van der Waals surface area contributed by atoms with Crippen LogP contribution in [0.25, 0.3) is 0 Å². The molecular formula is C13H20N2O4S. The largest absolute Gasteiger partial charge is 0.481 e. The van der Waals surface area contributed by atoms with Crippen molar-refractivity contribution in [3.05, 3.63) is 23.8 Å². The van der Waals surface area contributed by atoms with E-state index < -0.39 is 16.1 Å². The minimum atomic E-state index is -3.73. The molecule has 0 aromatic heterocycles. The van der Waals surface area contributed by atoms with Gasteiger partial charge in [0.2, 0.25) is 10.0 Å². The molecule has 1 unspecified atom stereocenters. The molecule has 0 fully saturated rings. The highest BCUT2D eigenvalue weighted by Crippen LogP contribution is 2.22. The van der Waals surface area contributed by atoms with Crippen LogP contribution < -0.4 is 15.2 Å². The Morgan fingerprint density at radius 1 is 1.45 bits per heavy atom. The molecule has 0 aliphatic heterocycles. The van der Waals surface area contributed by atoms with Gasteiger partial charge in [0.25, 0.3) is 5.91 Å². The molecule has 0 spiro atoms. The van der Waals surface area contributed by atoms with Crippen molar-refractivity contribution in [2.24, 2.45) is 5.14 Å². The first-order valence-electron chi connectivity index (χ1n) is 6.33. The fourth-order valence-corrected chi connectivity index (χ4v) is 2.17. The van der Waals surface area contributed by atoms with E-state index in [-0.39, 0.29) is 10.8 Å². The molecule has 1 amide bonds. The number of hydrogen-bond acceptors (Lipinski definition) is 4. The quantitative estimate of drug-likeness (QED) is 0.816. The van der Waals surface area contributed by atoms with Gasteiger partial charge < -0.3 is 10.1 Å². The van der Waals surface area contributed by atoms with Crippen LogP contribution in [-0.4, -0.2) is 27.0 Å². The zero-order chi connectivity index (χ0) is 15.3. The van der Waals surface area contributed by atoms with Crippen LogP contribution in [0.1, 0.15) is 25.8 Å². The second kappa shape index (κ2) is 6.71. The molecule has 20 heavy (non-hydrogen) atoms. The number of aryl methyl sites for hydroxylation is 1. The Bertz CT molecular complexity index is 584. The Morgan fingerprint density at radius 2 is 2.10 bits per heavy atom. The minimum Gasteiger partial charge on any atom is -0.481 e. The van der Waals surface area contributed by atoms with E-state index in [0.29, 0.717) is 17.9 Å². The topological polar surface area (TPSA) is 98.5 Å². The van der Waals surface area contributed by atoms with Gasteiger partial charge in [0.15, 0.2) is 6.10 Å². The number of nitrogens with two attached hydrogens (primary N) is 1. The smallest absolute Gasteiger partial charge is 0.260 e. The van der Waals surface area contributed by atoms with Gasteiger partial charge in [0, 0.05) is 6.54 Å². The Kier molecular flexibility index (Phi) is 5.52. The van der Waals surface area contributed by atoms with Crippen LogP contribution in [0.5, 0.6) is 5.75 Å². The number of benzene rings is 1. The van der Waals surface area contributed by atoms with Gasteiger partial charge in [-0.05, 0) is 44.0 Å². The Balaban J connectivity index is 2.81. The van der Waals surface area contributed by atoms with Crippen molar-refractivity contribution in [2.75, 3.05) is 6.54 Å². The fourth-order valence-electron chi connectivity index (χ4n) is 1.57. The van der Waals surface area contributed by atoms with Gasteiger partial charge in [-0.1, -0.05) is 6.92 Å². The van der Waals surface area contributed by atoms with Crippen molar-refractivity contribution < 1.29 is 17.9 Å². The minimum absolute atomic E-state index is 0.0189. The number of nitrogens with one attached hydrogen (secondary N) is 1. The Labute approximate surface area is 119 Å². The van der Waals surface area contributed by atoms with Gasteiger partial charge in [-0.2, -0.15) is 0 Å². The second-order valence-electron chi connectivity index (χ2n) is 4.52. The normalized spacial score (nSPS) is 12.8. The van der Waals surface area contributed by atoms with E-state index in [2.05, 4.69) is 5.32 Å². The van der Waals surface area contributed by atoms with E-state index in [4.69, 9.17) is 9.88 Å². The van der Waals surface area contributed by atoms with Crippen molar-refractivity contribution in [3.8, 4) is 5.75 Å². The van der Waals surface area contributed by atoms with Gasteiger partial charge in [-0.3, -0.25) is 4.79 Å². The van der Waals surface area contributed by atoms with Crippen LogP contribution in [0.2, 0.25) is 0 Å². The second-order valence-corrected chi connectivity index (χ2v) is 6.08. The molecule has 0 radical (unpaired) electrons. The summed E-state index contributed by atoms with van der Waals surface area (Å²) in [7, 11) is -3.73. The predicted octanol–water partition coefficient (Wildman–Crippen LogP) is 0.936. The molecule has 0 bridgehead atoms. The van der Waals surface area contributed by atoms with Gasteiger partial charge in [-0.25, -0.2) is 13.6 Å². The highest BCUT2D eigenvalue weighted by molar-refractivity contribution is 7.89. The highest BCUT2D eigenvalue weighted by Gasteiger charge is 2.16. The van der Waals surface area contributed by atoms with E-state index in [1.165, 1.54) is 18.2 Å². The van der Waals surface area contributed by atoms with Crippen LogP contribution in [0, 0.1) is 6.92 Å². The van der Waals surface area contributed by atoms with Gasteiger partial charge in [0.1, 0.15) is 5.75 Å². The van der Waals surface area contributed by atoms with Crippen molar-refractivity contribution >= 4 is 15.9 Å². The lowest BCUT2D eigenvalue weighted by atomic mass is 10.2. The first kappa shape index (κ1) is 16.5. The number of sulfonamides is 1. The molecule has 6 nitrogen and oxygen atoms in total. The molecule has 1 rings (SSSR count). The monoisotopic (exact) mass is 300 g/mol. The SMILES string of the molecule is CCCNC(=O)C(C)Oc1ccc(S(N)(=O)=O)cc1C. The number of rotatable bonds is 6. The predicted molar refractivity (Wildman–Crippen MR) is 75.9 cm³/mol. The lowest BCUT2D eigenvalue weighted by Gasteiger charge is -2.16. The van der Waals surface area contributed by atoms with E-state index in [9.17, 15) is 13.2 Å². The van der Waals surface area contributed by atoms with Crippen LogP contribution in [-0.2, 0) is 14.8 Å². The molecule has 1 atom stereocenters. The summed E-state index contributed by atoms with van der Waals surface area (Å²) in [6.07, 6.45) is 0.196. The molecule has 0 saturated carbocycles. The fraction of sp³-hybridized carbons (Fsp3) is 0.462. The summed E-state index contributed by atoms with van der Waals surface area (Å²) in [4.78, 5) is 11.7. The number of carbonyl (C=O) groups excluding carboxylic acids is 1. The molecule has 7 heteroatoms. The summed E-state index contributed by atoms with van der Waals surface area (Å²) >= 11 is 0. The zero-order valence-electron chi connectivity index (χ0n) is 11.8. The molecule has 0 aliphatic rings. The van der Waals surface area contributed by atoms with Gasteiger partial charge >= 0.3 is 0 Å². The molecule has 0 heterocycles. The molecule has 3 N–H and O–H groups in total. The first-order chi connectivity index (χ1) is 9.25. The highest BCUT2D eigenvalue weighted by atomic mass is 32.2. The standard InChI is InChI=1S/C13H20N2O4S/c1-4-7-15-13(16)10(3)19-12-6-5-11(8-9(12)2)20(14,17)18/h5-6,8,10H,4,7H2,1-3H3,(H,15,16)(H2,14,17,18). The number of carbonyl (C=O) groups is 1. The Morgan fingerprint density at radius 3 is 2.60 bits per heavy atom. The lowest BCUT2D eigenvalue weighted by Crippen LogP contribution is -2.36. The van der Waals surface area contributed by atoms with Crippen LogP contribution in [0.4, 0.5) is 0 Å². The number of hydrogen-bond donors (Lipinski definition) is 2. The third-order valence-corrected chi connectivity index (χ3v) is 3.61. The summed E-state index contributed by atoms with van der Waals surface area (Å²) in [6.45, 7) is 5.89. The van der Waals surface area contributed by atoms with Crippen molar-refractivity contribution in [1.82, 2.24) is 5.32 Å². The van der Waals surface area contributed by atoms with Crippen molar-refractivity contribution in [1.29, 1.82) is 0 Å². The third-order valence-electron chi connectivity index (χ3n) is 2.70. The van der Waals surface area contributed by atoms with E-state index in [1.54, 1.807) is 13.8 Å². The van der Waals surface area contributed by atoms with Crippen molar-refractivity contribution in [3.63, 3.8) is 0 Å². The molecule has 112 valence electrons. The maximum Gasteiger partial charge on any atom is 0.260 e. The maximum absolute atomic E-state index is 11.7.